The minimum absolute atomic E-state index is 0.000307. The third-order valence-electron chi connectivity index (χ3n) is 11.4. The van der Waals surface area contributed by atoms with Crippen LogP contribution in [0.1, 0.15) is 56.2 Å². The number of nitrogens with zero attached hydrogens (tertiary/aromatic N) is 4. The molecule has 6 aromatic carbocycles. The first-order valence-electron chi connectivity index (χ1n) is 21.5. The Labute approximate surface area is 373 Å². The number of carboxylic acids is 2. The van der Waals surface area contributed by atoms with Crippen molar-refractivity contribution in [2.75, 3.05) is 26.4 Å². The van der Waals surface area contributed by atoms with Gasteiger partial charge in [0, 0.05) is 45.8 Å². The van der Waals surface area contributed by atoms with Gasteiger partial charge >= 0.3 is 11.9 Å². The number of benzene rings is 6. The van der Waals surface area contributed by atoms with Crippen molar-refractivity contribution in [2.45, 2.75) is 50.6 Å². The van der Waals surface area contributed by atoms with E-state index in [0.29, 0.717) is 83.5 Å². The van der Waals surface area contributed by atoms with E-state index in [9.17, 15) is 29.9 Å². The molecule has 0 aliphatic heterocycles. The van der Waals surface area contributed by atoms with Crippen LogP contribution >= 0.6 is 0 Å². The topological polar surface area (TPSA) is 188 Å². The molecule has 8 rings (SSSR count). The van der Waals surface area contributed by atoms with E-state index in [4.69, 9.17) is 24.2 Å². The van der Waals surface area contributed by atoms with Gasteiger partial charge in [-0.2, -0.15) is 5.26 Å². The standard InChI is InChI=1S/C51H46N4O10/c52-33-34-12-11-13-37(30-34)63-27-8-2-10-29-65-39-23-25-43-41-15-4-6-17-45(41)54(47(43)32-39)49(51(58)59)48(50(56)57)53-44-16-5-3-14-40(44)42-24-22-38(31-46(42)53)64-28-9-1-7-26-62-36-20-18-35(19-21-36)55(60)61/h3-6,11-25,30-32,48-49H,1-2,7-10,26-29H2,(H,56,57)(H,58,59). The summed E-state index contributed by atoms with van der Waals surface area (Å²) in [6, 6.07) is 37.7. The fraction of sp³-hybridized carbons (Fsp3) is 0.235. The summed E-state index contributed by atoms with van der Waals surface area (Å²) in [7, 11) is 0. The fourth-order valence-electron chi connectivity index (χ4n) is 8.35. The molecule has 2 heterocycles. The quantitative estimate of drug-likeness (QED) is 0.0374. The van der Waals surface area contributed by atoms with Gasteiger partial charge in [0.1, 0.15) is 23.0 Å². The summed E-state index contributed by atoms with van der Waals surface area (Å²) in [6.07, 6.45) is 4.58. The molecule has 0 saturated carbocycles. The maximum atomic E-state index is 13.7. The summed E-state index contributed by atoms with van der Waals surface area (Å²) in [6.45, 7) is 1.71. The highest BCUT2D eigenvalue weighted by Crippen LogP contribution is 2.42. The van der Waals surface area contributed by atoms with Crippen molar-refractivity contribution in [3.05, 3.63) is 149 Å². The predicted octanol–water partition coefficient (Wildman–Crippen LogP) is 10.9. The van der Waals surface area contributed by atoms with E-state index >= 15 is 0 Å². The second-order valence-electron chi connectivity index (χ2n) is 15.6. The van der Waals surface area contributed by atoms with Gasteiger partial charge in [-0.1, -0.05) is 42.5 Å². The molecule has 2 atom stereocenters. The highest BCUT2D eigenvalue weighted by molar-refractivity contribution is 6.11. The zero-order chi connectivity index (χ0) is 45.3. The van der Waals surface area contributed by atoms with Gasteiger partial charge in [0.15, 0.2) is 12.1 Å². The average Bonchev–Trinajstić information content (AvgIpc) is 3.81. The fourth-order valence-corrected chi connectivity index (χ4v) is 8.35. The molecule has 330 valence electrons. The number of ether oxygens (including phenoxy) is 4. The van der Waals surface area contributed by atoms with E-state index in [0.717, 1.165) is 53.6 Å². The van der Waals surface area contributed by atoms with Crippen LogP contribution in [0.15, 0.2) is 133 Å². The molecule has 0 saturated heterocycles. The zero-order valence-electron chi connectivity index (χ0n) is 35.4. The van der Waals surface area contributed by atoms with Crippen molar-refractivity contribution in [3.8, 4) is 29.1 Å². The van der Waals surface area contributed by atoms with Crippen LogP contribution in [0.4, 0.5) is 5.69 Å². The highest BCUT2D eigenvalue weighted by Gasteiger charge is 2.40. The van der Waals surface area contributed by atoms with Crippen LogP contribution < -0.4 is 18.9 Å². The number of rotatable bonds is 22. The molecule has 2 aromatic heterocycles. The Kier molecular flexibility index (Phi) is 13.4. The zero-order valence-corrected chi connectivity index (χ0v) is 35.4. The summed E-state index contributed by atoms with van der Waals surface area (Å²) < 4.78 is 27.1. The van der Waals surface area contributed by atoms with E-state index in [-0.39, 0.29) is 5.69 Å². The average molecular weight is 875 g/mol. The van der Waals surface area contributed by atoms with Gasteiger partial charge in [0.25, 0.3) is 5.69 Å². The maximum Gasteiger partial charge on any atom is 0.329 e. The molecule has 8 aromatic rings. The molecule has 65 heavy (non-hydrogen) atoms. The molecule has 0 aliphatic carbocycles. The highest BCUT2D eigenvalue weighted by atomic mass is 16.6. The molecular weight excluding hydrogens is 829 g/mol. The SMILES string of the molecule is N#Cc1cccc(OCCCCCOc2ccc3c4ccccc4n(C(C(=O)O)C(C(=O)O)n4c5ccccc5c5ccc(OCCCCCOc6ccc([N+](=O)[O-])cc6)cc54)c3c2)c1. The van der Waals surface area contributed by atoms with Crippen LogP contribution in [0.5, 0.6) is 23.0 Å². The van der Waals surface area contributed by atoms with Crippen molar-refractivity contribution >= 4 is 61.2 Å². The number of hydrogen-bond acceptors (Lipinski definition) is 9. The third kappa shape index (κ3) is 9.64. The lowest BCUT2D eigenvalue weighted by Gasteiger charge is -2.26. The Hall–Kier alpha value is -8.05. The van der Waals surface area contributed by atoms with Crippen molar-refractivity contribution in [1.82, 2.24) is 9.13 Å². The van der Waals surface area contributed by atoms with Crippen LogP contribution in [-0.2, 0) is 9.59 Å². The molecule has 0 fully saturated rings. The Morgan fingerprint density at radius 1 is 0.523 bits per heavy atom. The number of nitro groups is 1. The predicted molar refractivity (Wildman–Crippen MR) is 246 cm³/mol. The Bertz CT molecular complexity index is 3040. The molecule has 0 bridgehead atoms. The smallest absolute Gasteiger partial charge is 0.329 e. The maximum absolute atomic E-state index is 13.7. The van der Waals surface area contributed by atoms with Crippen LogP contribution in [0.25, 0.3) is 43.6 Å². The lowest BCUT2D eigenvalue weighted by molar-refractivity contribution is -0.384. The molecule has 0 spiro atoms. The normalized spacial score (nSPS) is 12.2. The number of aliphatic carboxylic acids is 2. The van der Waals surface area contributed by atoms with Gasteiger partial charge in [0.2, 0.25) is 0 Å². The minimum Gasteiger partial charge on any atom is -0.494 e. The monoisotopic (exact) mass is 874 g/mol. The first-order chi connectivity index (χ1) is 31.7. The van der Waals surface area contributed by atoms with Crippen LogP contribution in [0.2, 0.25) is 0 Å². The van der Waals surface area contributed by atoms with Gasteiger partial charge in [-0.25, -0.2) is 9.59 Å². The second kappa shape index (κ2) is 20.0. The van der Waals surface area contributed by atoms with Crippen LogP contribution in [0, 0.1) is 21.4 Å². The van der Waals surface area contributed by atoms with E-state index in [1.807, 2.05) is 66.7 Å². The van der Waals surface area contributed by atoms with E-state index in [2.05, 4.69) is 6.07 Å². The van der Waals surface area contributed by atoms with Crippen molar-refractivity contribution in [1.29, 1.82) is 5.26 Å². The summed E-state index contributed by atoms with van der Waals surface area (Å²) in [4.78, 5) is 37.9. The van der Waals surface area contributed by atoms with E-state index in [1.165, 1.54) is 12.1 Å². The van der Waals surface area contributed by atoms with Gasteiger partial charge < -0.3 is 38.3 Å². The molecule has 2 unspecified atom stereocenters. The molecule has 0 amide bonds. The minimum atomic E-state index is -1.60. The number of para-hydroxylation sites is 2. The summed E-state index contributed by atoms with van der Waals surface area (Å²) >= 11 is 0. The molecule has 0 radical (unpaired) electrons. The lowest BCUT2D eigenvalue weighted by atomic mass is 10.1. The Balaban J connectivity index is 1.01. The summed E-state index contributed by atoms with van der Waals surface area (Å²) in [5, 5.41) is 45.5. The van der Waals surface area contributed by atoms with Crippen LogP contribution in [-0.4, -0.2) is 62.6 Å². The first-order valence-corrected chi connectivity index (χ1v) is 21.5. The van der Waals surface area contributed by atoms with Crippen LogP contribution in [0.3, 0.4) is 0 Å². The van der Waals surface area contributed by atoms with Gasteiger partial charge in [-0.15, -0.1) is 0 Å². The summed E-state index contributed by atoms with van der Waals surface area (Å²) in [5.74, 6) is -0.392. The van der Waals surface area contributed by atoms with Crippen molar-refractivity contribution in [3.63, 3.8) is 0 Å². The van der Waals surface area contributed by atoms with Gasteiger partial charge in [0.05, 0.1) is 65.1 Å². The molecule has 0 aliphatic rings. The number of nitriles is 1. The van der Waals surface area contributed by atoms with Crippen molar-refractivity contribution < 1.29 is 43.7 Å². The largest absolute Gasteiger partial charge is 0.494 e. The number of hydrogen-bond donors (Lipinski definition) is 2. The molecule has 2 N–H and O–H groups in total. The van der Waals surface area contributed by atoms with Gasteiger partial charge in [-0.3, -0.25) is 10.1 Å². The van der Waals surface area contributed by atoms with E-state index in [1.54, 1.807) is 63.7 Å². The Morgan fingerprint density at radius 2 is 0.938 bits per heavy atom. The number of carbonyl (C=O) groups is 2. The first kappa shape index (κ1) is 43.6. The third-order valence-corrected chi connectivity index (χ3v) is 11.4. The Morgan fingerprint density at radius 3 is 1.38 bits per heavy atom. The number of aromatic nitrogens is 2. The number of carboxylic acid groups (broad SMARTS) is 2. The van der Waals surface area contributed by atoms with Crippen molar-refractivity contribution in [2.24, 2.45) is 0 Å². The molecule has 14 nitrogen and oxygen atoms in total. The second-order valence-corrected chi connectivity index (χ2v) is 15.6. The lowest BCUT2D eigenvalue weighted by Crippen LogP contribution is -2.34. The molecular formula is C51H46N4O10. The number of fused-ring (bicyclic) bond motifs is 6. The number of non-ortho nitro benzene ring substituents is 1. The molecule has 14 heteroatoms. The number of nitro benzene ring substituents is 1. The van der Waals surface area contributed by atoms with E-state index < -0.39 is 28.9 Å². The number of unbranched alkanes of at least 4 members (excludes halogenated alkanes) is 4. The summed E-state index contributed by atoms with van der Waals surface area (Å²) in [5.41, 5.74) is 2.72. The van der Waals surface area contributed by atoms with Gasteiger partial charge in [-0.05, 0) is 105 Å².